The molecule has 4 aromatic rings. The Bertz CT molecular complexity index is 1560. The first-order valence-electron chi connectivity index (χ1n) is 15.5. The number of carbonyl (C=O) groups is 2. The minimum atomic E-state index is -1.97. The number of benzene rings is 3. The zero-order valence-electron chi connectivity index (χ0n) is 26.2. The summed E-state index contributed by atoms with van der Waals surface area (Å²) in [4.78, 5) is 29.3. The van der Waals surface area contributed by atoms with Gasteiger partial charge in [0.05, 0.1) is 13.2 Å². The summed E-state index contributed by atoms with van der Waals surface area (Å²) in [5.74, 6) is -0.434. The Labute approximate surface area is 269 Å². The number of rotatable bonds is 10. The Kier molecular flexibility index (Phi) is 10.4. The van der Waals surface area contributed by atoms with Gasteiger partial charge < -0.3 is 19.9 Å². The number of likely N-dealkylation sites (tertiary alicyclic amines) is 1. The minimum absolute atomic E-state index is 0.242. The summed E-state index contributed by atoms with van der Waals surface area (Å²) in [7, 11) is 0. The van der Waals surface area contributed by atoms with Crippen molar-refractivity contribution in [3.05, 3.63) is 118 Å². The third-order valence-corrected chi connectivity index (χ3v) is 8.90. The number of carbonyl (C=O) groups excluding carboxylic acids is 2. The smallest absolute Gasteiger partial charge is 0.407 e. The summed E-state index contributed by atoms with van der Waals surface area (Å²) in [5, 5.41) is 16.9. The van der Waals surface area contributed by atoms with E-state index < -0.39 is 23.3 Å². The molecule has 2 heterocycles. The lowest BCUT2D eigenvalue weighted by Gasteiger charge is -2.33. The average molecular weight is 627 g/mol. The number of amides is 1. The van der Waals surface area contributed by atoms with Crippen molar-refractivity contribution in [2.45, 2.75) is 57.9 Å². The molecule has 1 saturated heterocycles. The summed E-state index contributed by atoms with van der Waals surface area (Å²) in [6.07, 6.45) is 1.40. The highest BCUT2D eigenvalue weighted by Gasteiger charge is 2.42. The van der Waals surface area contributed by atoms with Crippen LogP contribution in [0.2, 0.25) is 0 Å². The number of esters is 1. The summed E-state index contributed by atoms with van der Waals surface area (Å²) in [6.45, 7) is 8.89. The number of ether oxygens (including phenoxy) is 2. The van der Waals surface area contributed by atoms with Gasteiger partial charge in [-0.2, -0.15) is 0 Å². The molecule has 1 aromatic heterocycles. The number of nitrogens with zero attached hydrogens (tertiary/aromatic N) is 1. The number of nitrogens with one attached hydrogen (secondary N) is 1. The second kappa shape index (κ2) is 14.4. The molecular weight excluding hydrogens is 584 g/mol. The second-order valence-electron chi connectivity index (χ2n) is 12.6. The number of aliphatic hydroxyl groups is 1. The van der Waals surface area contributed by atoms with Crippen LogP contribution in [0.1, 0.15) is 55.2 Å². The number of hydrogen-bond acceptors (Lipinski definition) is 7. The largest absolute Gasteiger partial charge is 0.463 e. The van der Waals surface area contributed by atoms with Gasteiger partial charge in [-0.25, -0.2) is 9.59 Å². The lowest BCUT2D eigenvalue weighted by molar-refractivity contribution is -0.164. The molecule has 7 nitrogen and oxygen atoms in total. The predicted octanol–water partition coefficient (Wildman–Crippen LogP) is 7.13. The highest BCUT2D eigenvalue weighted by molar-refractivity contribution is 7.10. The molecule has 236 valence electrons. The van der Waals surface area contributed by atoms with Gasteiger partial charge in [0.1, 0.15) is 5.60 Å². The monoisotopic (exact) mass is 626 g/mol. The van der Waals surface area contributed by atoms with Gasteiger partial charge >= 0.3 is 12.1 Å². The number of alkyl carbamates (subject to hydrolysis) is 1. The van der Waals surface area contributed by atoms with E-state index in [4.69, 9.17) is 9.47 Å². The molecule has 1 aliphatic heterocycles. The van der Waals surface area contributed by atoms with E-state index in [1.807, 2.05) is 74.7 Å². The van der Waals surface area contributed by atoms with E-state index in [1.54, 1.807) is 18.2 Å². The standard InChI is InChI=1S/C37H42N2O5S/c1-36(2,3)44-35(41)38-23-33-22-30(26-45-33)29-13-10-16-32(21-29)37(42,31-14-8-5-9-15-31)34(40)43-25-28-17-19-39(20-18-28)24-27-11-6-4-7-12-27/h4-16,21-22,26,28,42H,17-20,23-25H2,1-3H3,(H,38,41). The van der Waals surface area contributed by atoms with Crippen LogP contribution in [0.4, 0.5) is 4.79 Å². The maximum atomic E-state index is 13.8. The normalized spacial score (nSPS) is 15.6. The van der Waals surface area contributed by atoms with Crippen molar-refractivity contribution in [1.82, 2.24) is 10.2 Å². The molecule has 0 saturated carbocycles. The molecule has 1 fully saturated rings. The van der Waals surface area contributed by atoms with Gasteiger partial charge in [-0.3, -0.25) is 4.90 Å². The summed E-state index contributed by atoms with van der Waals surface area (Å²) in [6, 6.07) is 28.8. The number of hydrogen-bond donors (Lipinski definition) is 2. The van der Waals surface area contributed by atoms with Crippen molar-refractivity contribution in [3.8, 4) is 11.1 Å². The first-order valence-corrected chi connectivity index (χ1v) is 16.3. The van der Waals surface area contributed by atoms with Crippen LogP contribution in [0, 0.1) is 5.92 Å². The van der Waals surface area contributed by atoms with Crippen LogP contribution in [0.15, 0.2) is 96.4 Å². The molecule has 8 heteroatoms. The molecule has 0 radical (unpaired) electrons. The summed E-state index contributed by atoms with van der Waals surface area (Å²) >= 11 is 1.52. The Morgan fingerprint density at radius 3 is 2.24 bits per heavy atom. The first-order chi connectivity index (χ1) is 21.6. The molecule has 1 unspecified atom stereocenters. The summed E-state index contributed by atoms with van der Waals surface area (Å²) < 4.78 is 11.2. The van der Waals surface area contributed by atoms with Crippen LogP contribution in [-0.4, -0.2) is 47.4 Å². The van der Waals surface area contributed by atoms with E-state index >= 15 is 0 Å². The Hall–Kier alpha value is -3.98. The molecular formula is C37H42N2O5S. The molecule has 45 heavy (non-hydrogen) atoms. The SMILES string of the molecule is CC(C)(C)OC(=O)NCc1cc(-c2cccc(C(O)(C(=O)OCC3CCN(Cc4ccccc4)CC3)c3ccccc3)c2)cs1. The molecule has 0 spiro atoms. The summed E-state index contributed by atoms with van der Waals surface area (Å²) in [5.41, 5.74) is 1.43. The predicted molar refractivity (Wildman–Crippen MR) is 178 cm³/mol. The van der Waals surface area contributed by atoms with Crippen molar-refractivity contribution in [2.75, 3.05) is 19.7 Å². The maximum absolute atomic E-state index is 13.8. The Morgan fingerprint density at radius 2 is 1.56 bits per heavy atom. The quantitative estimate of drug-likeness (QED) is 0.182. The van der Waals surface area contributed by atoms with Crippen molar-refractivity contribution in [1.29, 1.82) is 0 Å². The number of piperidine rings is 1. The van der Waals surface area contributed by atoms with Crippen molar-refractivity contribution in [3.63, 3.8) is 0 Å². The van der Waals surface area contributed by atoms with Crippen molar-refractivity contribution < 1.29 is 24.2 Å². The van der Waals surface area contributed by atoms with E-state index in [2.05, 4.69) is 34.5 Å². The first kappa shape index (κ1) is 32.4. The molecule has 5 rings (SSSR count). The van der Waals surface area contributed by atoms with E-state index in [-0.39, 0.29) is 12.5 Å². The maximum Gasteiger partial charge on any atom is 0.407 e. The van der Waals surface area contributed by atoms with Crippen molar-refractivity contribution in [2.24, 2.45) is 5.92 Å². The highest BCUT2D eigenvalue weighted by Crippen LogP contribution is 2.35. The van der Waals surface area contributed by atoms with Gasteiger partial charge in [-0.15, -0.1) is 11.3 Å². The molecule has 1 atom stereocenters. The highest BCUT2D eigenvalue weighted by atomic mass is 32.1. The average Bonchev–Trinajstić information content (AvgIpc) is 3.52. The minimum Gasteiger partial charge on any atom is -0.463 e. The van der Waals surface area contributed by atoms with Crippen LogP contribution in [0.25, 0.3) is 11.1 Å². The molecule has 0 bridgehead atoms. The van der Waals surface area contributed by atoms with Gasteiger partial charge in [0, 0.05) is 17.0 Å². The van der Waals surface area contributed by atoms with Gasteiger partial charge in [-0.05, 0) is 92.4 Å². The van der Waals surface area contributed by atoms with E-state index in [1.165, 1.54) is 16.9 Å². The fraction of sp³-hybridized carbons (Fsp3) is 0.351. The van der Waals surface area contributed by atoms with E-state index in [0.29, 0.717) is 17.7 Å². The molecule has 1 amide bonds. The third-order valence-electron chi connectivity index (χ3n) is 7.97. The van der Waals surface area contributed by atoms with Crippen LogP contribution < -0.4 is 5.32 Å². The topological polar surface area (TPSA) is 88.1 Å². The molecule has 0 aliphatic carbocycles. The third kappa shape index (κ3) is 8.60. The van der Waals surface area contributed by atoms with E-state index in [0.717, 1.165) is 48.5 Å². The van der Waals surface area contributed by atoms with Crippen LogP contribution in [0.5, 0.6) is 0 Å². The lowest BCUT2D eigenvalue weighted by atomic mass is 9.85. The van der Waals surface area contributed by atoms with Crippen LogP contribution in [-0.2, 0) is 33.0 Å². The van der Waals surface area contributed by atoms with Gasteiger partial charge in [0.2, 0.25) is 5.60 Å². The second-order valence-corrected chi connectivity index (χ2v) is 13.6. The van der Waals surface area contributed by atoms with Crippen LogP contribution >= 0.6 is 11.3 Å². The Balaban J connectivity index is 1.26. The molecule has 3 aromatic carbocycles. The van der Waals surface area contributed by atoms with Gasteiger partial charge in [-0.1, -0.05) is 78.9 Å². The number of thiophene rings is 1. The van der Waals surface area contributed by atoms with Gasteiger partial charge in [0.25, 0.3) is 0 Å². The van der Waals surface area contributed by atoms with Crippen molar-refractivity contribution >= 4 is 23.4 Å². The fourth-order valence-electron chi connectivity index (χ4n) is 5.55. The lowest BCUT2D eigenvalue weighted by Crippen LogP contribution is -2.40. The molecule has 1 aliphatic rings. The molecule has 2 N–H and O–H groups in total. The zero-order valence-corrected chi connectivity index (χ0v) is 27.0. The van der Waals surface area contributed by atoms with E-state index in [9.17, 15) is 14.7 Å². The Morgan fingerprint density at radius 1 is 0.889 bits per heavy atom. The van der Waals surface area contributed by atoms with Crippen LogP contribution in [0.3, 0.4) is 0 Å². The fourth-order valence-corrected chi connectivity index (χ4v) is 6.39. The van der Waals surface area contributed by atoms with Gasteiger partial charge in [0.15, 0.2) is 0 Å². The zero-order chi connectivity index (χ0) is 31.9.